The SMILES string of the molecule is CCC(C)(C)OC(=O)C1CCCC1=O. The molecule has 3 heteroatoms. The van der Waals surface area contributed by atoms with Crippen LogP contribution < -0.4 is 0 Å². The first-order valence-electron chi connectivity index (χ1n) is 5.22. The van der Waals surface area contributed by atoms with E-state index in [4.69, 9.17) is 4.74 Å². The second-order valence-corrected chi connectivity index (χ2v) is 4.45. The van der Waals surface area contributed by atoms with Gasteiger partial charge < -0.3 is 4.74 Å². The number of hydrogen-bond donors (Lipinski definition) is 0. The number of rotatable bonds is 3. The van der Waals surface area contributed by atoms with Gasteiger partial charge in [-0.15, -0.1) is 0 Å². The summed E-state index contributed by atoms with van der Waals surface area (Å²) in [6, 6.07) is 0. The molecule has 1 atom stereocenters. The summed E-state index contributed by atoms with van der Waals surface area (Å²) < 4.78 is 5.28. The molecule has 1 saturated carbocycles. The third-order valence-electron chi connectivity index (χ3n) is 2.82. The number of carbonyl (C=O) groups excluding carboxylic acids is 2. The van der Waals surface area contributed by atoms with Crippen LogP contribution >= 0.6 is 0 Å². The van der Waals surface area contributed by atoms with Gasteiger partial charge >= 0.3 is 5.97 Å². The number of ether oxygens (including phenoxy) is 1. The highest BCUT2D eigenvalue weighted by molar-refractivity contribution is 6.00. The van der Waals surface area contributed by atoms with E-state index in [1.165, 1.54) is 0 Å². The molecular weight excluding hydrogens is 180 g/mol. The summed E-state index contributed by atoms with van der Waals surface area (Å²) >= 11 is 0. The van der Waals surface area contributed by atoms with Gasteiger partial charge in [-0.25, -0.2) is 0 Å². The highest BCUT2D eigenvalue weighted by Crippen LogP contribution is 2.25. The van der Waals surface area contributed by atoms with Crippen LogP contribution in [0.1, 0.15) is 46.5 Å². The summed E-state index contributed by atoms with van der Waals surface area (Å²) in [7, 11) is 0. The van der Waals surface area contributed by atoms with Crippen LogP contribution in [0.2, 0.25) is 0 Å². The Hall–Kier alpha value is -0.860. The molecule has 1 unspecified atom stereocenters. The van der Waals surface area contributed by atoms with E-state index in [2.05, 4.69) is 0 Å². The minimum absolute atomic E-state index is 0.0434. The Morgan fingerprint density at radius 2 is 2.21 bits per heavy atom. The second kappa shape index (κ2) is 4.11. The van der Waals surface area contributed by atoms with Crippen molar-refractivity contribution in [2.24, 2.45) is 5.92 Å². The smallest absolute Gasteiger partial charge is 0.317 e. The lowest BCUT2D eigenvalue weighted by Crippen LogP contribution is -2.32. The molecule has 0 bridgehead atoms. The number of Topliss-reactive ketones (excluding diaryl/α,β-unsaturated/α-hetero) is 1. The Labute approximate surface area is 84.8 Å². The second-order valence-electron chi connectivity index (χ2n) is 4.45. The Balaban J connectivity index is 2.54. The summed E-state index contributed by atoms with van der Waals surface area (Å²) in [6.07, 6.45) is 2.79. The van der Waals surface area contributed by atoms with E-state index in [1.807, 2.05) is 20.8 Å². The van der Waals surface area contributed by atoms with Crippen molar-refractivity contribution in [2.75, 3.05) is 0 Å². The van der Waals surface area contributed by atoms with Crippen LogP contribution in [0, 0.1) is 5.92 Å². The molecule has 0 saturated heterocycles. The quantitative estimate of drug-likeness (QED) is 0.515. The fourth-order valence-electron chi connectivity index (χ4n) is 1.48. The van der Waals surface area contributed by atoms with Gasteiger partial charge in [0, 0.05) is 6.42 Å². The third kappa shape index (κ3) is 2.56. The minimum Gasteiger partial charge on any atom is -0.459 e. The lowest BCUT2D eigenvalue weighted by molar-refractivity contribution is -0.162. The van der Waals surface area contributed by atoms with Crippen molar-refractivity contribution < 1.29 is 14.3 Å². The van der Waals surface area contributed by atoms with Gasteiger partial charge in [-0.2, -0.15) is 0 Å². The molecule has 0 spiro atoms. The molecule has 0 aromatic rings. The largest absolute Gasteiger partial charge is 0.459 e. The van der Waals surface area contributed by atoms with Crippen molar-refractivity contribution in [1.82, 2.24) is 0 Å². The van der Waals surface area contributed by atoms with Crippen molar-refractivity contribution in [2.45, 2.75) is 52.1 Å². The molecule has 0 amide bonds. The molecule has 0 N–H and O–H groups in total. The molecule has 1 rings (SSSR count). The van der Waals surface area contributed by atoms with Crippen molar-refractivity contribution in [3.63, 3.8) is 0 Å². The van der Waals surface area contributed by atoms with Crippen LogP contribution in [-0.2, 0) is 14.3 Å². The first-order valence-corrected chi connectivity index (χ1v) is 5.22. The van der Waals surface area contributed by atoms with E-state index in [9.17, 15) is 9.59 Å². The average Bonchev–Trinajstić information content (AvgIpc) is 2.51. The Morgan fingerprint density at radius 3 is 2.64 bits per heavy atom. The molecule has 80 valence electrons. The molecule has 0 aromatic heterocycles. The highest BCUT2D eigenvalue weighted by atomic mass is 16.6. The van der Waals surface area contributed by atoms with Gasteiger partial charge in [-0.05, 0) is 33.1 Å². The van der Waals surface area contributed by atoms with E-state index in [0.717, 1.165) is 12.8 Å². The molecule has 0 aromatic carbocycles. The molecule has 0 heterocycles. The maximum Gasteiger partial charge on any atom is 0.317 e. The molecule has 14 heavy (non-hydrogen) atoms. The normalized spacial score (nSPS) is 22.5. The highest BCUT2D eigenvalue weighted by Gasteiger charge is 2.34. The van der Waals surface area contributed by atoms with Crippen LogP contribution in [0.4, 0.5) is 0 Å². The van der Waals surface area contributed by atoms with Crippen molar-refractivity contribution in [1.29, 1.82) is 0 Å². The standard InChI is InChI=1S/C11H18O3/c1-4-11(2,3)14-10(13)8-6-5-7-9(8)12/h8H,4-7H2,1-3H3. The number of esters is 1. The van der Waals surface area contributed by atoms with Gasteiger partial charge in [0.2, 0.25) is 0 Å². The molecular formula is C11H18O3. The zero-order valence-corrected chi connectivity index (χ0v) is 9.13. The minimum atomic E-state index is -0.485. The zero-order valence-electron chi connectivity index (χ0n) is 9.13. The first-order chi connectivity index (χ1) is 6.46. The molecule has 3 nitrogen and oxygen atoms in total. The van der Waals surface area contributed by atoms with Crippen LogP contribution in [0.3, 0.4) is 0 Å². The van der Waals surface area contributed by atoms with E-state index in [1.54, 1.807) is 0 Å². The predicted octanol–water partition coefficient (Wildman–Crippen LogP) is 2.09. The van der Waals surface area contributed by atoms with Gasteiger partial charge in [-0.3, -0.25) is 9.59 Å². The van der Waals surface area contributed by atoms with Gasteiger partial charge in [0.15, 0.2) is 0 Å². The maximum atomic E-state index is 11.6. The Kier molecular flexibility index (Phi) is 3.29. The van der Waals surface area contributed by atoms with Gasteiger partial charge in [0.25, 0.3) is 0 Å². The van der Waals surface area contributed by atoms with E-state index >= 15 is 0 Å². The summed E-state index contributed by atoms with van der Waals surface area (Å²) in [6.45, 7) is 5.69. The van der Waals surface area contributed by atoms with Crippen LogP contribution in [0.15, 0.2) is 0 Å². The van der Waals surface area contributed by atoms with Gasteiger partial charge in [-0.1, -0.05) is 6.92 Å². The molecule has 0 aliphatic heterocycles. The van der Waals surface area contributed by atoms with Crippen LogP contribution in [0.25, 0.3) is 0 Å². The Morgan fingerprint density at radius 1 is 1.57 bits per heavy atom. The zero-order chi connectivity index (χ0) is 10.8. The summed E-state index contributed by atoms with van der Waals surface area (Å²) in [5.41, 5.74) is -0.444. The number of hydrogen-bond acceptors (Lipinski definition) is 3. The first kappa shape index (κ1) is 11.2. The van der Waals surface area contributed by atoms with Gasteiger partial charge in [0.05, 0.1) is 0 Å². The van der Waals surface area contributed by atoms with Crippen LogP contribution in [0.5, 0.6) is 0 Å². The fourth-order valence-corrected chi connectivity index (χ4v) is 1.48. The van der Waals surface area contributed by atoms with Crippen molar-refractivity contribution in [3.8, 4) is 0 Å². The van der Waals surface area contributed by atoms with Crippen molar-refractivity contribution in [3.05, 3.63) is 0 Å². The number of carbonyl (C=O) groups is 2. The van der Waals surface area contributed by atoms with Gasteiger partial charge in [0.1, 0.15) is 17.3 Å². The molecule has 1 aliphatic rings. The summed E-state index contributed by atoms with van der Waals surface area (Å²) in [5, 5.41) is 0. The van der Waals surface area contributed by atoms with E-state index in [0.29, 0.717) is 12.8 Å². The third-order valence-corrected chi connectivity index (χ3v) is 2.82. The maximum absolute atomic E-state index is 11.6. The Bertz CT molecular complexity index is 243. The monoisotopic (exact) mass is 198 g/mol. The van der Waals surface area contributed by atoms with Crippen molar-refractivity contribution >= 4 is 11.8 Å². The predicted molar refractivity (Wildman–Crippen MR) is 52.8 cm³/mol. The van der Waals surface area contributed by atoms with E-state index < -0.39 is 11.5 Å². The lowest BCUT2D eigenvalue weighted by atomic mass is 10.0. The number of ketones is 1. The topological polar surface area (TPSA) is 43.4 Å². The molecule has 1 aliphatic carbocycles. The van der Waals surface area contributed by atoms with E-state index in [-0.39, 0.29) is 11.8 Å². The molecule has 1 fully saturated rings. The molecule has 0 radical (unpaired) electrons. The van der Waals surface area contributed by atoms with Crippen LogP contribution in [-0.4, -0.2) is 17.4 Å². The summed E-state index contributed by atoms with van der Waals surface area (Å²) in [5.74, 6) is -0.776. The lowest BCUT2D eigenvalue weighted by Gasteiger charge is -2.24. The average molecular weight is 198 g/mol. The summed E-state index contributed by atoms with van der Waals surface area (Å²) in [4.78, 5) is 22.9. The fraction of sp³-hybridized carbons (Fsp3) is 0.818.